The molecule has 20 heavy (non-hydrogen) atoms. The number of nitrogens with two attached hydrogens (primary N) is 2. The lowest BCUT2D eigenvalue weighted by atomic mass is 10.0. The van der Waals surface area contributed by atoms with E-state index in [0.29, 0.717) is 31.7 Å². The molecule has 7 heteroatoms. The molecule has 0 spiro atoms. The van der Waals surface area contributed by atoms with Gasteiger partial charge in [-0.2, -0.15) is 0 Å². The highest BCUT2D eigenvalue weighted by molar-refractivity contribution is 5.95. The fourth-order valence-electron chi connectivity index (χ4n) is 2.03. The average Bonchev–Trinajstić information content (AvgIpc) is 2.39. The Morgan fingerprint density at radius 3 is 2.95 bits per heavy atom. The molecule has 0 fully saturated rings. The summed E-state index contributed by atoms with van der Waals surface area (Å²) in [5.41, 5.74) is 14.1. The molecule has 1 aliphatic heterocycles. The van der Waals surface area contributed by atoms with Crippen molar-refractivity contribution in [1.82, 2.24) is 0 Å². The number of nitrogen functional groups attached to an aromatic ring is 1. The zero-order valence-electron chi connectivity index (χ0n) is 11.1. The Bertz CT molecular complexity index is 531. The van der Waals surface area contributed by atoms with E-state index in [1.165, 1.54) is 0 Å². The van der Waals surface area contributed by atoms with E-state index in [1.54, 1.807) is 0 Å². The second-order valence-corrected chi connectivity index (χ2v) is 4.59. The van der Waals surface area contributed by atoms with Gasteiger partial charge in [-0.1, -0.05) is 0 Å². The highest BCUT2D eigenvalue weighted by Crippen LogP contribution is 2.30. The van der Waals surface area contributed by atoms with E-state index < -0.39 is 5.91 Å². The summed E-state index contributed by atoms with van der Waals surface area (Å²) in [6.07, 6.45) is 1.19. The Morgan fingerprint density at radius 2 is 2.20 bits per heavy atom. The van der Waals surface area contributed by atoms with Crippen molar-refractivity contribution in [3.05, 3.63) is 17.7 Å². The summed E-state index contributed by atoms with van der Waals surface area (Å²) in [5, 5.41) is 5.92. The number of fused-ring (bicyclic) bond motifs is 1. The van der Waals surface area contributed by atoms with Gasteiger partial charge in [-0.05, 0) is 24.1 Å². The van der Waals surface area contributed by atoms with Crippen molar-refractivity contribution in [2.24, 2.45) is 5.73 Å². The summed E-state index contributed by atoms with van der Waals surface area (Å²) < 4.78 is 5.04. The Labute approximate surface area is 116 Å². The van der Waals surface area contributed by atoms with E-state index in [2.05, 4.69) is 10.6 Å². The van der Waals surface area contributed by atoms with Crippen LogP contribution in [0, 0.1) is 0 Å². The molecule has 0 bridgehead atoms. The number of benzene rings is 1. The van der Waals surface area contributed by atoms with Crippen LogP contribution in [0.4, 0.5) is 17.1 Å². The van der Waals surface area contributed by atoms with Gasteiger partial charge in [-0.15, -0.1) is 0 Å². The van der Waals surface area contributed by atoms with Crippen LogP contribution in [0.25, 0.3) is 0 Å². The summed E-state index contributed by atoms with van der Waals surface area (Å²) in [7, 11) is 0. The molecule has 0 atom stereocenters. The van der Waals surface area contributed by atoms with Crippen LogP contribution >= 0.6 is 0 Å². The number of carbonyl (C=O) groups is 2. The summed E-state index contributed by atoms with van der Waals surface area (Å²) in [6.45, 7) is 0.730. The van der Waals surface area contributed by atoms with Crippen LogP contribution in [0.1, 0.15) is 12.0 Å². The number of aryl methyl sites for hydroxylation is 1. The third kappa shape index (κ3) is 3.61. The second kappa shape index (κ2) is 6.25. The highest BCUT2D eigenvalue weighted by atomic mass is 16.5. The molecule has 6 N–H and O–H groups in total. The van der Waals surface area contributed by atoms with Crippen molar-refractivity contribution in [1.29, 1.82) is 0 Å². The summed E-state index contributed by atoms with van der Waals surface area (Å²) >= 11 is 0. The van der Waals surface area contributed by atoms with Crippen LogP contribution in [0.3, 0.4) is 0 Å². The number of ether oxygens (including phenoxy) is 1. The van der Waals surface area contributed by atoms with Crippen LogP contribution in [-0.4, -0.2) is 31.6 Å². The molecule has 1 aromatic carbocycles. The van der Waals surface area contributed by atoms with E-state index in [4.69, 9.17) is 16.2 Å². The van der Waals surface area contributed by atoms with Crippen molar-refractivity contribution in [2.75, 3.05) is 36.1 Å². The molecule has 0 aromatic heterocycles. The van der Waals surface area contributed by atoms with Gasteiger partial charge in [-0.3, -0.25) is 9.59 Å². The normalized spacial score (nSPS) is 13.5. The van der Waals surface area contributed by atoms with E-state index in [9.17, 15) is 9.59 Å². The molecule has 0 unspecified atom stereocenters. The Balaban J connectivity index is 1.93. The fourth-order valence-corrected chi connectivity index (χ4v) is 2.03. The molecule has 1 aromatic rings. The smallest absolute Gasteiger partial charge is 0.243 e. The van der Waals surface area contributed by atoms with Gasteiger partial charge in [0.15, 0.2) is 0 Å². The SMILES string of the molecule is NC(=O)COCCNc1cc2c(cc1N)CCC(=O)N2. The maximum atomic E-state index is 11.4. The first-order valence-electron chi connectivity index (χ1n) is 6.38. The fraction of sp³-hybridized carbons (Fsp3) is 0.385. The van der Waals surface area contributed by atoms with Crippen molar-refractivity contribution in [3.8, 4) is 0 Å². The molecule has 1 aliphatic rings. The number of primary amides is 1. The molecule has 7 nitrogen and oxygen atoms in total. The largest absolute Gasteiger partial charge is 0.397 e. The molecule has 108 valence electrons. The number of hydrogen-bond donors (Lipinski definition) is 4. The molecule has 2 rings (SSSR count). The first kappa shape index (κ1) is 14.1. The van der Waals surface area contributed by atoms with Gasteiger partial charge in [0.2, 0.25) is 11.8 Å². The first-order chi connectivity index (χ1) is 9.56. The molecule has 2 amide bonds. The van der Waals surface area contributed by atoms with Crippen molar-refractivity contribution >= 4 is 28.9 Å². The number of nitrogens with one attached hydrogen (secondary N) is 2. The molecule has 1 heterocycles. The summed E-state index contributed by atoms with van der Waals surface area (Å²) in [4.78, 5) is 21.9. The summed E-state index contributed by atoms with van der Waals surface area (Å²) in [5.74, 6) is -0.487. The number of hydrogen-bond acceptors (Lipinski definition) is 5. The maximum absolute atomic E-state index is 11.4. The van der Waals surface area contributed by atoms with Crippen LogP contribution in [0.5, 0.6) is 0 Å². The monoisotopic (exact) mass is 278 g/mol. The van der Waals surface area contributed by atoms with Crippen molar-refractivity contribution in [2.45, 2.75) is 12.8 Å². The minimum atomic E-state index is -0.499. The number of amides is 2. The zero-order valence-corrected chi connectivity index (χ0v) is 11.1. The van der Waals surface area contributed by atoms with Gasteiger partial charge < -0.3 is 26.8 Å². The second-order valence-electron chi connectivity index (χ2n) is 4.59. The average molecular weight is 278 g/mol. The van der Waals surface area contributed by atoms with Crippen LogP contribution < -0.4 is 22.1 Å². The third-order valence-corrected chi connectivity index (χ3v) is 2.98. The molecule has 0 radical (unpaired) electrons. The topological polar surface area (TPSA) is 119 Å². The zero-order chi connectivity index (χ0) is 14.5. The molecule has 0 saturated heterocycles. The quantitative estimate of drug-likeness (QED) is 0.433. The summed E-state index contributed by atoms with van der Waals surface area (Å²) in [6, 6.07) is 3.68. The van der Waals surface area contributed by atoms with E-state index in [0.717, 1.165) is 16.9 Å². The lowest BCUT2D eigenvalue weighted by molar-refractivity contribution is -0.122. The Hall–Kier alpha value is -2.28. The predicted molar refractivity (Wildman–Crippen MR) is 76.3 cm³/mol. The lowest BCUT2D eigenvalue weighted by Gasteiger charge is -2.19. The van der Waals surface area contributed by atoms with E-state index in [-0.39, 0.29) is 12.5 Å². The van der Waals surface area contributed by atoms with E-state index in [1.807, 2.05) is 12.1 Å². The maximum Gasteiger partial charge on any atom is 0.243 e. The minimum Gasteiger partial charge on any atom is -0.397 e. The van der Waals surface area contributed by atoms with Gasteiger partial charge in [0.25, 0.3) is 0 Å². The van der Waals surface area contributed by atoms with E-state index >= 15 is 0 Å². The van der Waals surface area contributed by atoms with Gasteiger partial charge in [0.05, 0.1) is 18.0 Å². The van der Waals surface area contributed by atoms with Crippen LogP contribution in [0.15, 0.2) is 12.1 Å². The van der Waals surface area contributed by atoms with Gasteiger partial charge >= 0.3 is 0 Å². The van der Waals surface area contributed by atoms with Crippen molar-refractivity contribution < 1.29 is 14.3 Å². The Kier molecular flexibility index (Phi) is 4.41. The molecular formula is C13H18N4O3. The van der Waals surface area contributed by atoms with Gasteiger partial charge in [0, 0.05) is 18.7 Å². The first-order valence-corrected chi connectivity index (χ1v) is 6.38. The lowest BCUT2D eigenvalue weighted by Crippen LogP contribution is -2.21. The number of rotatable bonds is 6. The molecule has 0 saturated carbocycles. The Morgan fingerprint density at radius 1 is 1.40 bits per heavy atom. The third-order valence-electron chi connectivity index (χ3n) is 2.98. The van der Waals surface area contributed by atoms with Crippen LogP contribution in [0.2, 0.25) is 0 Å². The molecular weight excluding hydrogens is 260 g/mol. The van der Waals surface area contributed by atoms with Gasteiger partial charge in [-0.25, -0.2) is 0 Å². The number of anilines is 3. The van der Waals surface area contributed by atoms with Gasteiger partial charge in [0.1, 0.15) is 6.61 Å². The van der Waals surface area contributed by atoms with Crippen molar-refractivity contribution in [3.63, 3.8) is 0 Å². The standard InChI is InChI=1S/C13H18N4O3/c14-9-5-8-1-2-13(19)17-10(8)6-11(9)16-3-4-20-7-12(15)18/h5-6,16H,1-4,7,14H2,(H2,15,18)(H,17,19). The molecule has 0 aliphatic carbocycles. The number of carbonyl (C=O) groups excluding carboxylic acids is 2. The highest BCUT2D eigenvalue weighted by Gasteiger charge is 2.16. The predicted octanol–water partition coefficient (Wildman–Crippen LogP) is 0.0673. The minimum absolute atomic E-state index is 0.0120. The van der Waals surface area contributed by atoms with Crippen LogP contribution in [-0.2, 0) is 20.7 Å².